The number of rotatable bonds is 4. The Morgan fingerprint density at radius 2 is 2.25 bits per heavy atom. The highest BCUT2D eigenvalue weighted by molar-refractivity contribution is 7.10. The molecular formula is C14H11N5S. The Morgan fingerprint density at radius 1 is 1.35 bits per heavy atom. The molecule has 5 nitrogen and oxygen atoms in total. The molecule has 0 saturated heterocycles. The van der Waals surface area contributed by atoms with Gasteiger partial charge in [0.2, 0.25) is 0 Å². The van der Waals surface area contributed by atoms with Crippen LogP contribution in [-0.4, -0.2) is 15.0 Å². The molecule has 0 saturated carbocycles. The van der Waals surface area contributed by atoms with E-state index in [1.54, 1.807) is 28.4 Å². The van der Waals surface area contributed by atoms with Gasteiger partial charge in [0, 0.05) is 16.8 Å². The van der Waals surface area contributed by atoms with E-state index in [-0.39, 0.29) is 0 Å². The Balaban J connectivity index is 1.80. The molecule has 1 aromatic carbocycles. The molecule has 3 rings (SSSR count). The van der Waals surface area contributed by atoms with E-state index in [0.717, 1.165) is 16.3 Å². The lowest BCUT2D eigenvalue weighted by molar-refractivity contribution is 0.803. The van der Waals surface area contributed by atoms with Crippen LogP contribution in [-0.2, 0) is 6.54 Å². The van der Waals surface area contributed by atoms with E-state index in [0.29, 0.717) is 12.1 Å². The van der Waals surface area contributed by atoms with Crippen LogP contribution >= 0.6 is 11.3 Å². The van der Waals surface area contributed by atoms with Crippen LogP contribution < -0.4 is 5.32 Å². The van der Waals surface area contributed by atoms with Gasteiger partial charge in [0.25, 0.3) is 0 Å². The standard InChI is InChI=1S/C14H11N5S/c15-8-11-7-12(20-10-11)9-16-13-3-1-2-4-14(13)19-6-5-17-18-19/h1-7,10,16H,9H2. The minimum absolute atomic E-state index is 0.679. The van der Waals surface area contributed by atoms with E-state index in [9.17, 15) is 0 Å². The minimum Gasteiger partial charge on any atom is -0.378 e. The molecule has 0 bridgehead atoms. The predicted octanol–water partition coefficient (Wildman–Crippen LogP) is 2.81. The molecular weight excluding hydrogens is 270 g/mol. The van der Waals surface area contributed by atoms with Crippen LogP contribution in [0.2, 0.25) is 0 Å². The van der Waals surface area contributed by atoms with Crippen LogP contribution in [0, 0.1) is 11.3 Å². The van der Waals surface area contributed by atoms with Gasteiger partial charge >= 0.3 is 0 Å². The summed E-state index contributed by atoms with van der Waals surface area (Å²) in [5, 5.41) is 21.9. The van der Waals surface area contributed by atoms with Gasteiger partial charge in [-0.05, 0) is 18.2 Å². The smallest absolute Gasteiger partial charge is 0.100 e. The molecule has 0 fully saturated rings. The third-order valence-corrected chi connectivity index (χ3v) is 3.75. The Morgan fingerprint density at radius 3 is 3.00 bits per heavy atom. The number of nitriles is 1. The second-order valence-corrected chi connectivity index (χ2v) is 5.13. The van der Waals surface area contributed by atoms with E-state index >= 15 is 0 Å². The van der Waals surface area contributed by atoms with E-state index in [1.807, 2.05) is 35.7 Å². The molecule has 6 heteroatoms. The van der Waals surface area contributed by atoms with Crippen molar-refractivity contribution >= 4 is 17.0 Å². The normalized spacial score (nSPS) is 10.2. The molecule has 20 heavy (non-hydrogen) atoms. The number of nitrogens with zero attached hydrogens (tertiary/aromatic N) is 4. The highest BCUT2D eigenvalue weighted by Crippen LogP contribution is 2.21. The molecule has 0 radical (unpaired) electrons. The number of hydrogen-bond donors (Lipinski definition) is 1. The van der Waals surface area contributed by atoms with Gasteiger partial charge in [-0.2, -0.15) is 5.26 Å². The fourth-order valence-electron chi connectivity index (χ4n) is 1.87. The number of para-hydroxylation sites is 2. The monoisotopic (exact) mass is 281 g/mol. The van der Waals surface area contributed by atoms with Gasteiger partial charge in [0.15, 0.2) is 0 Å². The molecule has 0 spiro atoms. The lowest BCUT2D eigenvalue weighted by atomic mass is 10.2. The summed E-state index contributed by atoms with van der Waals surface area (Å²) >= 11 is 1.58. The second-order valence-electron chi connectivity index (χ2n) is 4.13. The van der Waals surface area contributed by atoms with Crippen molar-refractivity contribution < 1.29 is 0 Å². The quantitative estimate of drug-likeness (QED) is 0.798. The van der Waals surface area contributed by atoms with Crippen molar-refractivity contribution in [2.24, 2.45) is 0 Å². The van der Waals surface area contributed by atoms with Crippen molar-refractivity contribution in [3.63, 3.8) is 0 Å². The van der Waals surface area contributed by atoms with Crippen molar-refractivity contribution in [2.75, 3.05) is 5.32 Å². The summed E-state index contributed by atoms with van der Waals surface area (Å²) in [6, 6.07) is 11.9. The summed E-state index contributed by atoms with van der Waals surface area (Å²) < 4.78 is 1.72. The number of anilines is 1. The molecule has 0 unspecified atom stereocenters. The molecule has 0 atom stereocenters. The fourth-order valence-corrected chi connectivity index (χ4v) is 2.62. The predicted molar refractivity (Wildman–Crippen MR) is 77.7 cm³/mol. The first-order valence-corrected chi connectivity index (χ1v) is 6.92. The van der Waals surface area contributed by atoms with Crippen molar-refractivity contribution in [1.29, 1.82) is 5.26 Å². The average molecular weight is 281 g/mol. The van der Waals surface area contributed by atoms with Crippen LogP contribution in [0.5, 0.6) is 0 Å². The van der Waals surface area contributed by atoms with E-state index < -0.39 is 0 Å². The zero-order valence-electron chi connectivity index (χ0n) is 10.5. The number of benzene rings is 1. The van der Waals surface area contributed by atoms with Gasteiger partial charge < -0.3 is 5.32 Å². The van der Waals surface area contributed by atoms with Crippen molar-refractivity contribution in [3.05, 3.63) is 58.5 Å². The van der Waals surface area contributed by atoms with E-state index in [1.165, 1.54) is 0 Å². The highest BCUT2D eigenvalue weighted by Gasteiger charge is 2.05. The van der Waals surface area contributed by atoms with Crippen LogP contribution in [0.15, 0.2) is 48.1 Å². The third kappa shape index (κ3) is 2.53. The summed E-state index contributed by atoms with van der Waals surface area (Å²) in [6.45, 7) is 0.679. The first kappa shape index (κ1) is 12.4. The maximum atomic E-state index is 8.82. The molecule has 98 valence electrons. The minimum atomic E-state index is 0.679. The van der Waals surface area contributed by atoms with Crippen LogP contribution in [0.1, 0.15) is 10.4 Å². The maximum absolute atomic E-state index is 8.82. The third-order valence-electron chi connectivity index (χ3n) is 2.81. The van der Waals surface area contributed by atoms with Crippen LogP contribution in [0.3, 0.4) is 0 Å². The molecule has 0 amide bonds. The average Bonchev–Trinajstić information content (AvgIpc) is 3.17. The summed E-state index contributed by atoms with van der Waals surface area (Å²) in [7, 11) is 0. The summed E-state index contributed by atoms with van der Waals surface area (Å²) in [6.07, 6.45) is 3.45. The van der Waals surface area contributed by atoms with E-state index in [4.69, 9.17) is 5.26 Å². The van der Waals surface area contributed by atoms with Gasteiger partial charge in [0.05, 0.1) is 29.3 Å². The number of nitrogens with one attached hydrogen (secondary N) is 1. The Hall–Kier alpha value is -2.65. The largest absolute Gasteiger partial charge is 0.378 e. The van der Waals surface area contributed by atoms with Crippen molar-refractivity contribution in [2.45, 2.75) is 6.54 Å². The lowest BCUT2D eigenvalue weighted by Crippen LogP contribution is -2.04. The summed E-state index contributed by atoms with van der Waals surface area (Å²) in [4.78, 5) is 1.12. The number of thiophene rings is 1. The molecule has 0 aliphatic carbocycles. The van der Waals surface area contributed by atoms with Crippen LogP contribution in [0.4, 0.5) is 5.69 Å². The second kappa shape index (κ2) is 5.55. The van der Waals surface area contributed by atoms with Crippen molar-refractivity contribution in [1.82, 2.24) is 15.0 Å². The molecule has 2 heterocycles. The first-order chi connectivity index (χ1) is 9.86. The maximum Gasteiger partial charge on any atom is 0.100 e. The van der Waals surface area contributed by atoms with E-state index in [2.05, 4.69) is 21.7 Å². The number of hydrogen-bond acceptors (Lipinski definition) is 5. The highest BCUT2D eigenvalue weighted by atomic mass is 32.1. The fraction of sp³-hybridized carbons (Fsp3) is 0.0714. The topological polar surface area (TPSA) is 66.5 Å². The van der Waals surface area contributed by atoms with Crippen molar-refractivity contribution in [3.8, 4) is 11.8 Å². The lowest BCUT2D eigenvalue weighted by Gasteiger charge is -2.10. The van der Waals surface area contributed by atoms with Gasteiger partial charge in [-0.15, -0.1) is 16.4 Å². The zero-order valence-corrected chi connectivity index (χ0v) is 11.3. The van der Waals surface area contributed by atoms with Gasteiger partial charge in [-0.25, -0.2) is 4.68 Å². The Labute approximate surface area is 120 Å². The summed E-state index contributed by atoms with van der Waals surface area (Å²) in [5.74, 6) is 0. The Bertz CT molecular complexity index is 739. The molecule has 0 aliphatic heterocycles. The first-order valence-electron chi connectivity index (χ1n) is 6.04. The molecule has 3 aromatic rings. The molecule has 2 aromatic heterocycles. The summed E-state index contributed by atoms with van der Waals surface area (Å²) in [5.41, 5.74) is 2.63. The molecule has 0 aliphatic rings. The SMILES string of the molecule is N#Cc1csc(CNc2ccccc2-n2ccnn2)c1. The van der Waals surface area contributed by atoms with Gasteiger partial charge in [0.1, 0.15) is 6.07 Å². The van der Waals surface area contributed by atoms with Gasteiger partial charge in [-0.1, -0.05) is 17.3 Å². The Kier molecular flexibility index (Phi) is 3.44. The molecule has 1 N–H and O–H groups in total. The zero-order chi connectivity index (χ0) is 13.8. The number of aromatic nitrogens is 3. The van der Waals surface area contributed by atoms with Gasteiger partial charge in [-0.3, -0.25) is 0 Å². The van der Waals surface area contributed by atoms with Crippen LogP contribution in [0.25, 0.3) is 5.69 Å².